The first-order valence-electron chi connectivity index (χ1n) is 10.8. The monoisotopic (exact) mass is 448 g/mol. The van der Waals surface area contributed by atoms with Crippen molar-refractivity contribution in [2.24, 2.45) is 0 Å². The maximum Gasteiger partial charge on any atom is 0.322 e. The zero-order valence-corrected chi connectivity index (χ0v) is 19.4. The molecule has 8 nitrogen and oxygen atoms in total. The van der Waals surface area contributed by atoms with Gasteiger partial charge in [-0.15, -0.1) is 0 Å². The number of anilines is 1. The molecule has 2 aliphatic rings. The van der Waals surface area contributed by atoms with Gasteiger partial charge < -0.3 is 20.3 Å². The number of nitrogens with zero attached hydrogens (tertiary/aromatic N) is 2. The van der Waals surface area contributed by atoms with Crippen LogP contribution in [0.3, 0.4) is 0 Å². The largest absolute Gasteiger partial charge is 0.496 e. The van der Waals surface area contributed by atoms with Crippen molar-refractivity contribution >= 4 is 23.5 Å². The summed E-state index contributed by atoms with van der Waals surface area (Å²) < 4.78 is 5.46. The van der Waals surface area contributed by atoms with Crippen molar-refractivity contribution in [3.63, 3.8) is 0 Å². The number of methoxy groups -OCH3 is 1. The second kappa shape index (κ2) is 8.61. The van der Waals surface area contributed by atoms with Crippen molar-refractivity contribution in [1.29, 1.82) is 0 Å². The van der Waals surface area contributed by atoms with Crippen LogP contribution in [0.15, 0.2) is 53.7 Å². The number of urea groups is 1. The first kappa shape index (κ1) is 22.4. The molecule has 0 aromatic heterocycles. The van der Waals surface area contributed by atoms with Crippen LogP contribution in [0.5, 0.6) is 5.75 Å². The van der Waals surface area contributed by atoms with E-state index in [0.717, 1.165) is 11.1 Å². The number of nitrogens with one attached hydrogen (secondary N) is 2. The molecule has 172 valence electrons. The van der Waals surface area contributed by atoms with Gasteiger partial charge in [0.05, 0.1) is 31.0 Å². The third-order valence-electron chi connectivity index (χ3n) is 6.46. The van der Waals surface area contributed by atoms with Gasteiger partial charge in [0.15, 0.2) is 0 Å². The van der Waals surface area contributed by atoms with Gasteiger partial charge in [-0.05, 0) is 50.1 Å². The van der Waals surface area contributed by atoms with E-state index in [2.05, 4.69) is 10.6 Å². The molecule has 33 heavy (non-hydrogen) atoms. The summed E-state index contributed by atoms with van der Waals surface area (Å²) in [6.45, 7) is 5.85. The predicted octanol–water partition coefficient (Wildman–Crippen LogP) is 3.13. The van der Waals surface area contributed by atoms with Gasteiger partial charge in [-0.25, -0.2) is 4.79 Å². The number of ether oxygens (including phenoxy) is 1. The van der Waals surface area contributed by atoms with Crippen LogP contribution in [0, 0.1) is 13.8 Å². The molecule has 0 saturated heterocycles. The van der Waals surface area contributed by atoms with Crippen molar-refractivity contribution in [2.75, 3.05) is 26.0 Å². The van der Waals surface area contributed by atoms with Gasteiger partial charge in [0.2, 0.25) is 5.91 Å². The van der Waals surface area contributed by atoms with Gasteiger partial charge in [0.1, 0.15) is 11.8 Å². The predicted molar refractivity (Wildman–Crippen MR) is 125 cm³/mol. The zero-order chi connectivity index (χ0) is 23.9. The number of amides is 4. The molecule has 0 bridgehead atoms. The first-order chi connectivity index (χ1) is 15.7. The van der Waals surface area contributed by atoms with Crippen molar-refractivity contribution < 1.29 is 19.1 Å². The molecular weight excluding hydrogens is 420 g/mol. The molecule has 2 aromatic carbocycles. The molecule has 8 heteroatoms. The van der Waals surface area contributed by atoms with Crippen molar-refractivity contribution in [3.8, 4) is 5.75 Å². The Morgan fingerprint density at radius 1 is 1.15 bits per heavy atom. The fourth-order valence-corrected chi connectivity index (χ4v) is 4.25. The Labute approximate surface area is 193 Å². The molecule has 0 spiro atoms. The number of para-hydroxylation sites is 1. The Bertz CT molecular complexity index is 1170. The molecule has 2 aliphatic heterocycles. The lowest BCUT2D eigenvalue weighted by atomic mass is 9.95. The summed E-state index contributed by atoms with van der Waals surface area (Å²) in [5, 5.41) is 5.80. The molecule has 4 rings (SSSR count). The molecule has 4 amide bonds. The van der Waals surface area contributed by atoms with E-state index in [0.29, 0.717) is 28.3 Å². The van der Waals surface area contributed by atoms with E-state index in [1.165, 1.54) is 9.80 Å². The number of hydrogen-bond acceptors (Lipinski definition) is 4. The van der Waals surface area contributed by atoms with E-state index in [-0.39, 0.29) is 24.4 Å². The minimum absolute atomic E-state index is 0.172. The van der Waals surface area contributed by atoms with Crippen molar-refractivity contribution in [2.45, 2.75) is 32.9 Å². The normalized spacial score (nSPS) is 18.8. The Morgan fingerprint density at radius 2 is 1.88 bits per heavy atom. The molecule has 2 atom stereocenters. The van der Waals surface area contributed by atoms with Crippen LogP contribution < -0.4 is 15.4 Å². The summed E-state index contributed by atoms with van der Waals surface area (Å²) in [6.07, 6.45) is 0. The highest BCUT2D eigenvalue weighted by atomic mass is 16.5. The van der Waals surface area contributed by atoms with Gasteiger partial charge in [0.25, 0.3) is 5.91 Å². The van der Waals surface area contributed by atoms with E-state index in [4.69, 9.17) is 4.74 Å². The summed E-state index contributed by atoms with van der Waals surface area (Å²) in [6, 6.07) is 11.3. The summed E-state index contributed by atoms with van der Waals surface area (Å²) in [7, 11) is 3.17. The molecule has 2 N–H and O–H groups in total. The number of benzene rings is 2. The highest BCUT2D eigenvalue weighted by molar-refractivity contribution is 6.05. The SMILES string of the molecule is COc1ccccc1C1NC(=O)N(C)C2=C1C(=O)N(C(C)C(=O)Nc1ccc(C)c(C)c1)C2. The molecule has 0 saturated carbocycles. The first-order valence-corrected chi connectivity index (χ1v) is 10.8. The van der Waals surface area contributed by atoms with Crippen LogP contribution >= 0.6 is 0 Å². The number of hydrogen-bond donors (Lipinski definition) is 2. The molecule has 0 aliphatic carbocycles. The lowest BCUT2D eigenvalue weighted by Crippen LogP contribution is -2.45. The van der Waals surface area contributed by atoms with E-state index >= 15 is 0 Å². The van der Waals surface area contributed by atoms with Gasteiger partial charge in [-0.2, -0.15) is 0 Å². The van der Waals surface area contributed by atoms with Crippen molar-refractivity contribution in [1.82, 2.24) is 15.1 Å². The molecule has 2 heterocycles. The maximum atomic E-state index is 13.5. The summed E-state index contributed by atoms with van der Waals surface area (Å²) in [4.78, 5) is 42.2. The fourth-order valence-electron chi connectivity index (χ4n) is 4.25. The third kappa shape index (κ3) is 3.92. The topological polar surface area (TPSA) is 91.0 Å². The molecule has 2 unspecified atom stereocenters. The number of carbonyl (C=O) groups is 3. The maximum absolute atomic E-state index is 13.5. The lowest BCUT2D eigenvalue weighted by Gasteiger charge is -2.31. The van der Waals surface area contributed by atoms with E-state index < -0.39 is 12.1 Å². The highest BCUT2D eigenvalue weighted by Crippen LogP contribution is 2.39. The average Bonchev–Trinajstić information content (AvgIpc) is 3.15. The number of likely N-dealkylation sites (N-methyl/N-ethyl adjacent to an activating group) is 1. The molecular formula is C25H28N4O4. The lowest BCUT2D eigenvalue weighted by molar-refractivity contribution is -0.133. The van der Waals surface area contributed by atoms with Gasteiger partial charge in [-0.1, -0.05) is 24.3 Å². The summed E-state index contributed by atoms with van der Waals surface area (Å²) >= 11 is 0. The van der Waals surface area contributed by atoms with Crippen LogP contribution in [0.4, 0.5) is 10.5 Å². The van der Waals surface area contributed by atoms with Gasteiger partial charge in [-0.3, -0.25) is 14.5 Å². The van der Waals surface area contributed by atoms with E-state index in [1.54, 1.807) is 27.1 Å². The van der Waals surface area contributed by atoms with Crippen LogP contribution in [-0.2, 0) is 9.59 Å². The quantitative estimate of drug-likeness (QED) is 0.735. The highest BCUT2D eigenvalue weighted by Gasteiger charge is 2.45. The van der Waals surface area contributed by atoms with Crippen LogP contribution in [-0.4, -0.2) is 54.4 Å². The minimum Gasteiger partial charge on any atom is -0.496 e. The summed E-state index contributed by atoms with van der Waals surface area (Å²) in [5.41, 5.74) is 4.62. The van der Waals surface area contributed by atoms with Crippen molar-refractivity contribution in [3.05, 3.63) is 70.4 Å². The Morgan fingerprint density at radius 3 is 2.58 bits per heavy atom. The van der Waals surface area contributed by atoms with Gasteiger partial charge >= 0.3 is 6.03 Å². The number of rotatable bonds is 5. The average molecular weight is 449 g/mol. The second-order valence-corrected chi connectivity index (χ2v) is 8.44. The fraction of sp³-hybridized carbons (Fsp3) is 0.320. The molecule has 2 aromatic rings. The van der Waals surface area contributed by atoms with Crippen LogP contribution in [0.1, 0.15) is 29.7 Å². The standard InChI is InChI=1S/C25H28N4O4/c1-14-10-11-17(12-15(14)2)26-23(30)16(3)29-13-19-21(24(29)31)22(27-25(32)28(19)4)18-8-6-7-9-20(18)33-5/h6-12,16,22H,13H2,1-5H3,(H,26,30)(H,27,32). The molecule has 0 fully saturated rings. The van der Waals surface area contributed by atoms with Gasteiger partial charge in [0, 0.05) is 18.3 Å². The Hall–Kier alpha value is -3.81. The van der Waals surface area contributed by atoms with E-state index in [9.17, 15) is 14.4 Å². The number of carbonyl (C=O) groups excluding carboxylic acids is 3. The summed E-state index contributed by atoms with van der Waals surface area (Å²) in [5.74, 6) is 0.00343. The zero-order valence-electron chi connectivity index (χ0n) is 19.4. The molecule has 0 radical (unpaired) electrons. The Kier molecular flexibility index (Phi) is 5.84. The minimum atomic E-state index is -0.730. The number of aryl methyl sites for hydroxylation is 2. The van der Waals surface area contributed by atoms with Crippen LogP contribution in [0.25, 0.3) is 0 Å². The second-order valence-electron chi connectivity index (χ2n) is 8.44. The third-order valence-corrected chi connectivity index (χ3v) is 6.46. The Balaban J connectivity index is 1.61. The smallest absolute Gasteiger partial charge is 0.322 e. The van der Waals surface area contributed by atoms with E-state index in [1.807, 2.05) is 50.2 Å². The van der Waals surface area contributed by atoms with Crippen LogP contribution in [0.2, 0.25) is 0 Å².